The van der Waals surface area contributed by atoms with Crippen molar-refractivity contribution in [3.8, 4) is 6.07 Å². The number of carbonyl (C=O) groups is 1. The maximum absolute atomic E-state index is 13.0. The number of nitriles is 1. The van der Waals surface area contributed by atoms with E-state index in [9.17, 15) is 22.9 Å². The molecule has 2 aromatic carbocycles. The van der Waals surface area contributed by atoms with E-state index in [1.807, 2.05) is 18.2 Å². The summed E-state index contributed by atoms with van der Waals surface area (Å²) in [5.41, 5.74) is 1.40. The Morgan fingerprint density at radius 1 is 1.25 bits per heavy atom. The molecule has 0 saturated carbocycles. The predicted octanol–water partition coefficient (Wildman–Crippen LogP) is 2.21. The fourth-order valence-electron chi connectivity index (χ4n) is 2.88. The molecular weight excluding hydrogens is 383 g/mol. The lowest BCUT2D eigenvalue weighted by atomic mass is 10.1. The van der Waals surface area contributed by atoms with Crippen LogP contribution in [0.1, 0.15) is 11.7 Å². The van der Waals surface area contributed by atoms with E-state index in [0.717, 1.165) is 34.1 Å². The van der Waals surface area contributed by atoms with Crippen molar-refractivity contribution in [1.29, 1.82) is 5.26 Å². The number of imidazole rings is 1. The van der Waals surface area contributed by atoms with Crippen LogP contribution in [0, 0.1) is 17.1 Å². The van der Waals surface area contributed by atoms with Crippen LogP contribution in [0.5, 0.6) is 0 Å². The van der Waals surface area contributed by atoms with Crippen LogP contribution in [-0.4, -0.2) is 41.6 Å². The second-order valence-corrected chi connectivity index (χ2v) is 8.31. The lowest BCUT2D eigenvalue weighted by Gasteiger charge is -2.18. The van der Waals surface area contributed by atoms with Crippen LogP contribution in [0.25, 0.3) is 11.0 Å². The minimum atomic E-state index is -4.00. The smallest absolute Gasteiger partial charge is 0.243 e. The molecule has 28 heavy (non-hydrogen) atoms. The maximum atomic E-state index is 13.0. The van der Waals surface area contributed by atoms with E-state index in [-0.39, 0.29) is 10.7 Å². The number of aryl methyl sites for hydroxylation is 1. The van der Waals surface area contributed by atoms with Gasteiger partial charge in [0.1, 0.15) is 11.6 Å². The average molecular weight is 400 g/mol. The number of likely N-dealkylation sites (N-methyl/N-ethyl adjacent to an activating group) is 1. The second-order valence-electron chi connectivity index (χ2n) is 6.26. The third-order valence-corrected chi connectivity index (χ3v) is 6.25. The molecule has 0 amide bonds. The summed E-state index contributed by atoms with van der Waals surface area (Å²) in [6, 6.07) is 13.4. The molecule has 1 heterocycles. The van der Waals surface area contributed by atoms with Gasteiger partial charge in [0.05, 0.1) is 28.5 Å². The number of rotatable bonds is 6. The number of nitrogens with zero attached hydrogens (tertiary/aromatic N) is 4. The van der Waals surface area contributed by atoms with E-state index >= 15 is 0 Å². The predicted molar refractivity (Wildman–Crippen MR) is 100 cm³/mol. The van der Waals surface area contributed by atoms with Gasteiger partial charge in [-0.1, -0.05) is 12.1 Å². The van der Waals surface area contributed by atoms with Gasteiger partial charge in [-0.3, -0.25) is 4.79 Å². The van der Waals surface area contributed by atoms with Crippen molar-refractivity contribution < 1.29 is 17.6 Å². The van der Waals surface area contributed by atoms with E-state index in [1.54, 1.807) is 23.7 Å². The van der Waals surface area contributed by atoms with Crippen molar-refractivity contribution in [2.75, 3.05) is 13.6 Å². The summed E-state index contributed by atoms with van der Waals surface area (Å²) < 4.78 is 40.7. The molecule has 1 unspecified atom stereocenters. The molecule has 0 fully saturated rings. The first-order chi connectivity index (χ1) is 13.3. The Morgan fingerprint density at radius 3 is 2.50 bits per heavy atom. The lowest BCUT2D eigenvalue weighted by molar-refractivity contribution is -0.119. The molecule has 0 aliphatic heterocycles. The first-order valence-corrected chi connectivity index (χ1v) is 9.75. The Bertz CT molecular complexity index is 1180. The molecular formula is C19H17FN4O3S. The molecule has 0 radical (unpaired) electrons. The highest BCUT2D eigenvalue weighted by Gasteiger charge is 2.30. The van der Waals surface area contributed by atoms with Gasteiger partial charge in [-0.15, -0.1) is 0 Å². The van der Waals surface area contributed by atoms with Crippen LogP contribution in [0.15, 0.2) is 53.4 Å². The molecule has 0 saturated heterocycles. The highest BCUT2D eigenvalue weighted by molar-refractivity contribution is 7.89. The first-order valence-electron chi connectivity index (χ1n) is 8.31. The molecule has 3 aromatic rings. The molecule has 9 heteroatoms. The van der Waals surface area contributed by atoms with Gasteiger partial charge >= 0.3 is 0 Å². The molecule has 1 aromatic heterocycles. The normalized spacial score (nSPS) is 12.8. The zero-order chi connectivity index (χ0) is 20.5. The Kier molecular flexibility index (Phi) is 5.27. The van der Waals surface area contributed by atoms with Gasteiger partial charge < -0.3 is 4.57 Å². The van der Waals surface area contributed by atoms with Gasteiger partial charge in [0, 0.05) is 14.1 Å². The van der Waals surface area contributed by atoms with Crippen molar-refractivity contribution >= 4 is 26.8 Å². The third kappa shape index (κ3) is 3.52. The van der Waals surface area contributed by atoms with E-state index in [1.165, 1.54) is 7.05 Å². The van der Waals surface area contributed by atoms with Crippen LogP contribution >= 0.6 is 0 Å². The van der Waals surface area contributed by atoms with Crippen molar-refractivity contribution in [2.24, 2.45) is 7.05 Å². The van der Waals surface area contributed by atoms with Gasteiger partial charge in [-0.2, -0.15) is 9.57 Å². The van der Waals surface area contributed by atoms with Crippen LogP contribution in [0.3, 0.4) is 0 Å². The number of Topliss-reactive ketones (excluding diaryl/α,β-unsaturated/α-hetero) is 1. The molecule has 3 rings (SSSR count). The third-order valence-electron chi connectivity index (χ3n) is 4.43. The molecule has 144 valence electrons. The number of hydrogen-bond donors (Lipinski definition) is 0. The lowest BCUT2D eigenvalue weighted by Crippen LogP contribution is -2.34. The number of fused-ring (bicyclic) bond motifs is 1. The first kappa shape index (κ1) is 19.7. The average Bonchev–Trinajstić information content (AvgIpc) is 2.99. The van der Waals surface area contributed by atoms with E-state index < -0.39 is 34.1 Å². The standard InChI is InChI=1S/C19H17FN4O3S/c1-23(28(26,27)14-9-7-13(20)8-10-14)12-18(25)15(11-21)19-22-16-5-3-4-6-17(16)24(19)2/h3-10,15H,12H2,1-2H3. The minimum Gasteiger partial charge on any atom is -0.330 e. The van der Waals surface area contributed by atoms with Crippen molar-refractivity contribution in [2.45, 2.75) is 10.8 Å². The Hall–Kier alpha value is -3.09. The SMILES string of the molecule is CN(CC(=O)C(C#N)c1nc2ccccc2n1C)S(=O)(=O)c1ccc(F)cc1. The van der Waals surface area contributed by atoms with E-state index in [4.69, 9.17) is 0 Å². The number of sulfonamides is 1. The highest BCUT2D eigenvalue weighted by atomic mass is 32.2. The quantitative estimate of drug-likeness (QED) is 0.632. The molecule has 0 N–H and O–H groups in total. The number of para-hydroxylation sites is 2. The summed E-state index contributed by atoms with van der Waals surface area (Å²) in [5, 5.41) is 9.53. The number of carbonyl (C=O) groups excluding carboxylic acids is 1. The zero-order valence-electron chi connectivity index (χ0n) is 15.2. The molecule has 0 spiro atoms. The Balaban J connectivity index is 1.86. The molecule has 0 bridgehead atoms. The van der Waals surface area contributed by atoms with Crippen LogP contribution in [0.4, 0.5) is 4.39 Å². The number of benzene rings is 2. The molecule has 1 atom stereocenters. The number of ketones is 1. The molecule has 0 aliphatic carbocycles. The van der Waals surface area contributed by atoms with Gasteiger partial charge in [0.25, 0.3) is 0 Å². The van der Waals surface area contributed by atoms with Crippen molar-refractivity contribution in [1.82, 2.24) is 13.9 Å². The number of aromatic nitrogens is 2. The topological polar surface area (TPSA) is 96.1 Å². The summed E-state index contributed by atoms with van der Waals surface area (Å²) in [6.45, 7) is -0.513. The zero-order valence-corrected chi connectivity index (χ0v) is 16.0. The van der Waals surface area contributed by atoms with E-state index in [0.29, 0.717) is 5.52 Å². The molecule has 0 aliphatic rings. The van der Waals surface area contributed by atoms with E-state index in [2.05, 4.69) is 4.98 Å². The summed E-state index contributed by atoms with van der Waals surface area (Å²) >= 11 is 0. The van der Waals surface area contributed by atoms with Gasteiger partial charge in [-0.05, 0) is 36.4 Å². The second kappa shape index (κ2) is 7.50. The maximum Gasteiger partial charge on any atom is 0.243 e. The van der Waals surface area contributed by atoms with Crippen LogP contribution in [-0.2, 0) is 21.9 Å². The van der Waals surface area contributed by atoms with Crippen molar-refractivity contribution in [3.05, 3.63) is 60.2 Å². The fourth-order valence-corrected chi connectivity index (χ4v) is 4.02. The minimum absolute atomic E-state index is 0.138. The van der Waals surface area contributed by atoms with Gasteiger partial charge in [0.2, 0.25) is 10.0 Å². The number of hydrogen-bond acceptors (Lipinski definition) is 5. The van der Waals surface area contributed by atoms with Crippen LogP contribution < -0.4 is 0 Å². The molecule has 7 nitrogen and oxygen atoms in total. The van der Waals surface area contributed by atoms with Crippen LogP contribution in [0.2, 0.25) is 0 Å². The summed E-state index contributed by atoms with van der Waals surface area (Å²) in [4.78, 5) is 16.9. The van der Waals surface area contributed by atoms with Gasteiger partial charge in [0.15, 0.2) is 11.7 Å². The summed E-state index contributed by atoms with van der Waals surface area (Å²) in [7, 11) is -1.07. The fraction of sp³-hybridized carbons (Fsp3) is 0.211. The number of halogens is 1. The Morgan fingerprint density at radius 2 is 1.89 bits per heavy atom. The highest BCUT2D eigenvalue weighted by Crippen LogP contribution is 2.22. The Labute approximate surface area is 161 Å². The largest absolute Gasteiger partial charge is 0.330 e. The summed E-state index contributed by atoms with van der Waals surface area (Å²) in [6.07, 6.45) is 0. The monoisotopic (exact) mass is 400 g/mol. The van der Waals surface area contributed by atoms with Crippen molar-refractivity contribution in [3.63, 3.8) is 0 Å². The summed E-state index contributed by atoms with van der Waals surface area (Å²) in [5.74, 6) is -2.14. The van der Waals surface area contributed by atoms with Gasteiger partial charge in [-0.25, -0.2) is 17.8 Å².